The number of rotatable bonds is 4. The summed E-state index contributed by atoms with van der Waals surface area (Å²) in [6, 6.07) is 5.72. The van der Waals surface area contributed by atoms with E-state index in [1.165, 1.54) is 0 Å². The monoisotopic (exact) mass is 249 g/mol. The van der Waals surface area contributed by atoms with Crippen molar-refractivity contribution in [1.82, 2.24) is 10.3 Å². The van der Waals surface area contributed by atoms with Gasteiger partial charge >= 0.3 is 5.76 Å². The lowest BCUT2D eigenvalue weighted by Gasteiger charge is -2.37. The molecule has 0 saturated carbocycles. The molecule has 1 heterocycles. The SMILES string of the molecule is CNCC(C)(C)N(C)c1ccc2[nH]c(=O)oc2c1. The van der Waals surface area contributed by atoms with Crippen LogP contribution in [0.1, 0.15) is 13.8 Å². The summed E-state index contributed by atoms with van der Waals surface area (Å²) in [7, 11) is 3.97. The Morgan fingerprint density at radius 1 is 1.44 bits per heavy atom. The third kappa shape index (κ3) is 2.26. The molecule has 0 radical (unpaired) electrons. The van der Waals surface area contributed by atoms with E-state index in [2.05, 4.69) is 29.0 Å². The first-order valence-electron chi connectivity index (χ1n) is 5.95. The molecule has 0 aliphatic rings. The third-order valence-corrected chi connectivity index (χ3v) is 3.31. The Bertz CT molecular complexity index is 598. The van der Waals surface area contributed by atoms with Crippen LogP contribution in [0, 0.1) is 0 Å². The number of oxazole rings is 1. The number of nitrogens with zero attached hydrogens (tertiary/aromatic N) is 1. The van der Waals surface area contributed by atoms with Crippen molar-refractivity contribution < 1.29 is 4.42 Å². The maximum absolute atomic E-state index is 11.1. The van der Waals surface area contributed by atoms with Crippen molar-refractivity contribution >= 4 is 16.8 Å². The average Bonchev–Trinajstić information content (AvgIpc) is 2.66. The number of likely N-dealkylation sites (N-methyl/N-ethyl adjacent to an activating group) is 2. The van der Waals surface area contributed by atoms with Crippen molar-refractivity contribution in [2.75, 3.05) is 25.5 Å². The summed E-state index contributed by atoms with van der Waals surface area (Å²) in [6.45, 7) is 5.17. The predicted octanol–water partition coefficient (Wildman–Crippen LogP) is 1.56. The fourth-order valence-corrected chi connectivity index (χ4v) is 2.04. The van der Waals surface area contributed by atoms with Crippen LogP contribution >= 0.6 is 0 Å². The van der Waals surface area contributed by atoms with Crippen LogP contribution in [0.15, 0.2) is 27.4 Å². The molecule has 0 atom stereocenters. The van der Waals surface area contributed by atoms with Crippen LogP contribution in [0.25, 0.3) is 11.1 Å². The van der Waals surface area contributed by atoms with Gasteiger partial charge in [0.15, 0.2) is 5.58 Å². The lowest BCUT2D eigenvalue weighted by Crippen LogP contribution is -2.48. The highest BCUT2D eigenvalue weighted by atomic mass is 16.4. The van der Waals surface area contributed by atoms with Gasteiger partial charge in [-0.15, -0.1) is 0 Å². The molecule has 5 heteroatoms. The predicted molar refractivity (Wildman–Crippen MR) is 73.2 cm³/mol. The molecule has 0 aliphatic heterocycles. The number of hydrogen-bond donors (Lipinski definition) is 2. The number of benzene rings is 1. The Hall–Kier alpha value is -1.75. The minimum atomic E-state index is -0.417. The molecule has 2 rings (SSSR count). The van der Waals surface area contributed by atoms with Crippen molar-refractivity contribution in [1.29, 1.82) is 0 Å². The molecule has 98 valence electrons. The Labute approximate surface area is 106 Å². The lowest BCUT2D eigenvalue weighted by molar-refractivity contribution is 0.463. The van der Waals surface area contributed by atoms with E-state index in [9.17, 15) is 4.79 Å². The number of fused-ring (bicyclic) bond motifs is 1. The largest absolute Gasteiger partial charge is 0.417 e. The van der Waals surface area contributed by atoms with Gasteiger partial charge in [-0.05, 0) is 33.0 Å². The molecule has 0 saturated heterocycles. The van der Waals surface area contributed by atoms with Crippen LogP contribution in [0.4, 0.5) is 5.69 Å². The lowest BCUT2D eigenvalue weighted by atomic mass is 10.0. The zero-order valence-electron chi connectivity index (χ0n) is 11.2. The van der Waals surface area contributed by atoms with Gasteiger partial charge in [0.25, 0.3) is 0 Å². The Kier molecular flexibility index (Phi) is 3.17. The number of anilines is 1. The van der Waals surface area contributed by atoms with Gasteiger partial charge in [0.05, 0.1) is 5.52 Å². The second-order valence-corrected chi connectivity index (χ2v) is 5.10. The topological polar surface area (TPSA) is 61.3 Å². The maximum atomic E-state index is 11.1. The molecule has 0 amide bonds. The van der Waals surface area contributed by atoms with Crippen molar-refractivity contribution in [2.45, 2.75) is 19.4 Å². The maximum Gasteiger partial charge on any atom is 0.417 e. The molecule has 0 fully saturated rings. The summed E-state index contributed by atoms with van der Waals surface area (Å²) in [6.07, 6.45) is 0. The molecule has 0 unspecified atom stereocenters. The highest BCUT2D eigenvalue weighted by Gasteiger charge is 2.23. The zero-order valence-corrected chi connectivity index (χ0v) is 11.2. The fourth-order valence-electron chi connectivity index (χ4n) is 2.04. The highest BCUT2D eigenvalue weighted by Crippen LogP contribution is 2.24. The smallest absolute Gasteiger partial charge is 0.408 e. The Balaban J connectivity index is 2.38. The molecule has 0 spiro atoms. The molecule has 0 bridgehead atoms. The van der Waals surface area contributed by atoms with E-state index in [1.54, 1.807) is 0 Å². The van der Waals surface area contributed by atoms with Gasteiger partial charge in [-0.1, -0.05) is 0 Å². The van der Waals surface area contributed by atoms with Gasteiger partial charge in [-0.25, -0.2) is 4.79 Å². The number of aromatic nitrogens is 1. The summed E-state index contributed by atoms with van der Waals surface area (Å²) >= 11 is 0. The van der Waals surface area contributed by atoms with E-state index in [4.69, 9.17) is 4.42 Å². The summed E-state index contributed by atoms with van der Waals surface area (Å²) in [5.41, 5.74) is 2.30. The van der Waals surface area contributed by atoms with Crippen LogP contribution in [0.3, 0.4) is 0 Å². The molecule has 18 heavy (non-hydrogen) atoms. The molecular weight excluding hydrogens is 230 g/mol. The summed E-state index contributed by atoms with van der Waals surface area (Å²) in [5, 5.41) is 3.18. The van der Waals surface area contributed by atoms with Gasteiger partial charge in [0, 0.05) is 30.9 Å². The standard InChI is InChI=1S/C13H19N3O2/c1-13(2,8-14-3)16(4)9-5-6-10-11(7-9)18-12(17)15-10/h5-7,14H,8H2,1-4H3,(H,15,17). The number of hydrogen-bond acceptors (Lipinski definition) is 4. The summed E-state index contributed by atoms with van der Waals surface area (Å²) < 4.78 is 5.08. The van der Waals surface area contributed by atoms with Gasteiger partial charge in [-0.2, -0.15) is 0 Å². The molecular formula is C13H19N3O2. The fraction of sp³-hybridized carbons (Fsp3) is 0.462. The van der Waals surface area contributed by atoms with Crippen LogP contribution in [0.2, 0.25) is 0 Å². The van der Waals surface area contributed by atoms with E-state index in [0.717, 1.165) is 17.7 Å². The Morgan fingerprint density at radius 2 is 2.17 bits per heavy atom. The van der Waals surface area contributed by atoms with E-state index in [1.807, 2.05) is 32.3 Å². The number of aromatic amines is 1. The first kappa shape index (κ1) is 12.7. The molecule has 1 aromatic carbocycles. The first-order valence-corrected chi connectivity index (χ1v) is 5.95. The second-order valence-electron chi connectivity index (χ2n) is 5.10. The molecule has 0 aliphatic carbocycles. The van der Waals surface area contributed by atoms with Crippen LogP contribution in [0.5, 0.6) is 0 Å². The number of nitrogens with one attached hydrogen (secondary N) is 2. The van der Waals surface area contributed by atoms with Gasteiger partial charge in [-0.3, -0.25) is 4.98 Å². The van der Waals surface area contributed by atoms with Crippen LogP contribution in [-0.2, 0) is 0 Å². The highest BCUT2D eigenvalue weighted by molar-refractivity contribution is 5.77. The second kappa shape index (κ2) is 4.49. The molecule has 2 N–H and O–H groups in total. The van der Waals surface area contributed by atoms with Gasteiger partial charge < -0.3 is 14.6 Å². The van der Waals surface area contributed by atoms with Crippen molar-refractivity contribution in [2.24, 2.45) is 0 Å². The van der Waals surface area contributed by atoms with Gasteiger partial charge in [0.2, 0.25) is 0 Å². The minimum absolute atomic E-state index is 0.0287. The van der Waals surface area contributed by atoms with E-state index < -0.39 is 5.76 Å². The van der Waals surface area contributed by atoms with E-state index in [-0.39, 0.29) is 5.54 Å². The van der Waals surface area contributed by atoms with E-state index >= 15 is 0 Å². The van der Waals surface area contributed by atoms with Crippen LogP contribution < -0.4 is 16.0 Å². The van der Waals surface area contributed by atoms with Crippen molar-refractivity contribution in [3.8, 4) is 0 Å². The van der Waals surface area contributed by atoms with Crippen molar-refractivity contribution in [3.05, 3.63) is 28.7 Å². The van der Waals surface area contributed by atoms with Gasteiger partial charge in [0.1, 0.15) is 0 Å². The normalized spacial score (nSPS) is 12.0. The minimum Gasteiger partial charge on any atom is -0.408 e. The summed E-state index contributed by atoms with van der Waals surface area (Å²) in [4.78, 5) is 15.9. The molecule has 5 nitrogen and oxygen atoms in total. The third-order valence-electron chi connectivity index (χ3n) is 3.31. The van der Waals surface area contributed by atoms with Crippen LogP contribution in [-0.4, -0.2) is 31.2 Å². The van der Waals surface area contributed by atoms with E-state index in [0.29, 0.717) is 5.58 Å². The molecule has 2 aromatic rings. The Morgan fingerprint density at radius 3 is 2.83 bits per heavy atom. The first-order chi connectivity index (χ1) is 8.44. The zero-order chi connectivity index (χ0) is 13.3. The summed E-state index contributed by atoms with van der Waals surface area (Å²) in [5.74, 6) is -0.417. The quantitative estimate of drug-likeness (QED) is 0.863. The average molecular weight is 249 g/mol. The molecule has 1 aromatic heterocycles. The number of H-pyrrole nitrogens is 1. The van der Waals surface area contributed by atoms with Crippen molar-refractivity contribution in [3.63, 3.8) is 0 Å².